The second kappa shape index (κ2) is 9.52. The van der Waals surface area contributed by atoms with Crippen LogP contribution < -0.4 is 5.32 Å². The summed E-state index contributed by atoms with van der Waals surface area (Å²) < 4.78 is 44.3. The van der Waals surface area contributed by atoms with Crippen molar-refractivity contribution < 1.29 is 22.5 Å². The van der Waals surface area contributed by atoms with E-state index < -0.39 is 11.7 Å². The van der Waals surface area contributed by atoms with Crippen molar-refractivity contribution in [3.8, 4) is 17.5 Å². The van der Waals surface area contributed by atoms with E-state index in [1.54, 1.807) is 29.2 Å². The Bertz CT molecular complexity index is 1210. The number of urea groups is 1. The van der Waals surface area contributed by atoms with Crippen LogP contribution in [-0.4, -0.2) is 52.2 Å². The van der Waals surface area contributed by atoms with Crippen LogP contribution in [0.3, 0.4) is 0 Å². The van der Waals surface area contributed by atoms with Crippen LogP contribution in [0.4, 0.5) is 23.7 Å². The van der Waals surface area contributed by atoms with Crippen molar-refractivity contribution in [2.75, 3.05) is 31.5 Å². The van der Waals surface area contributed by atoms with Crippen molar-refractivity contribution >= 4 is 11.7 Å². The molecule has 3 aromatic rings. The molecule has 1 aliphatic heterocycles. The number of hydrogen-bond acceptors (Lipinski definition) is 6. The molecule has 0 saturated carbocycles. The summed E-state index contributed by atoms with van der Waals surface area (Å²) >= 11 is 0. The number of nitriles is 1. The third kappa shape index (κ3) is 5.18. The van der Waals surface area contributed by atoms with Gasteiger partial charge in [0.1, 0.15) is 0 Å². The van der Waals surface area contributed by atoms with Gasteiger partial charge in [-0.2, -0.15) is 23.4 Å². The Labute approximate surface area is 193 Å². The lowest BCUT2D eigenvalue weighted by molar-refractivity contribution is -0.137. The molecule has 1 aromatic heterocycles. The molecule has 0 aliphatic carbocycles. The Morgan fingerprint density at radius 1 is 1.15 bits per heavy atom. The normalized spacial score (nSPS) is 15.6. The predicted molar refractivity (Wildman–Crippen MR) is 116 cm³/mol. The first-order valence-electron chi connectivity index (χ1n) is 10.6. The van der Waals surface area contributed by atoms with Gasteiger partial charge in [0.15, 0.2) is 0 Å². The highest BCUT2D eigenvalue weighted by Gasteiger charge is 2.31. The zero-order chi connectivity index (χ0) is 24.3. The fourth-order valence-corrected chi connectivity index (χ4v) is 3.69. The van der Waals surface area contributed by atoms with E-state index >= 15 is 0 Å². The smallest absolute Gasteiger partial charge is 0.337 e. The average molecular weight is 470 g/mol. The number of rotatable bonds is 4. The minimum atomic E-state index is -4.46. The van der Waals surface area contributed by atoms with Crippen molar-refractivity contribution in [2.45, 2.75) is 19.1 Å². The Morgan fingerprint density at radius 3 is 2.59 bits per heavy atom. The Balaban J connectivity index is 1.36. The van der Waals surface area contributed by atoms with Gasteiger partial charge in [0.2, 0.25) is 11.7 Å². The molecule has 4 rings (SSSR count). The largest absolute Gasteiger partial charge is 0.416 e. The highest BCUT2D eigenvalue weighted by atomic mass is 19.4. The number of piperazine rings is 1. The van der Waals surface area contributed by atoms with Gasteiger partial charge in [-0.3, -0.25) is 4.90 Å². The van der Waals surface area contributed by atoms with Gasteiger partial charge in [0.25, 0.3) is 0 Å². The summed E-state index contributed by atoms with van der Waals surface area (Å²) in [7, 11) is 0. The number of hydrogen-bond donors (Lipinski definition) is 1. The van der Waals surface area contributed by atoms with Gasteiger partial charge < -0.3 is 14.7 Å². The predicted octanol–water partition coefficient (Wildman–Crippen LogP) is 4.54. The van der Waals surface area contributed by atoms with Crippen LogP contribution in [0.5, 0.6) is 0 Å². The van der Waals surface area contributed by atoms with Crippen LogP contribution in [0.1, 0.15) is 30.0 Å². The summed E-state index contributed by atoms with van der Waals surface area (Å²) in [5, 5.41) is 15.6. The molecule has 8 nitrogen and oxygen atoms in total. The van der Waals surface area contributed by atoms with Crippen molar-refractivity contribution in [3.05, 3.63) is 65.5 Å². The van der Waals surface area contributed by atoms with E-state index in [9.17, 15) is 18.0 Å². The molecular formula is C23H21F3N6O2. The molecular weight excluding hydrogens is 449 g/mol. The number of carbonyl (C=O) groups excluding carboxylic acids is 1. The van der Waals surface area contributed by atoms with Crippen LogP contribution in [0.15, 0.2) is 53.1 Å². The van der Waals surface area contributed by atoms with E-state index in [1.807, 2.05) is 13.0 Å². The Hall–Kier alpha value is -3.91. The lowest BCUT2D eigenvalue weighted by atomic mass is 10.1. The summed E-state index contributed by atoms with van der Waals surface area (Å²) in [6.07, 6.45) is -4.46. The standard InChI is InChI=1S/C23H21F3N6O2/c1-15(21-29-20(30-34-21)17-5-3-6-18(13-17)23(24,25)26)31-8-10-32(11-9-31)22(33)28-19-7-2-4-16(12-19)14-27/h2-7,12-13,15H,8-11H2,1H3,(H,28,33)/t15-/m0/s1. The van der Waals surface area contributed by atoms with E-state index in [0.717, 1.165) is 12.1 Å². The number of nitrogens with one attached hydrogen (secondary N) is 1. The molecule has 11 heteroatoms. The van der Waals surface area contributed by atoms with Gasteiger partial charge in [0.05, 0.1) is 23.2 Å². The first-order chi connectivity index (χ1) is 16.2. The Morgan fingerprint density at radius 2 is 1.88 bits per heavy atom. The molecule has 1 N–H and O–H groups in total. The average Bonchev–Trinajstić information content (AvgIpc) is 3.34. The van der Waals surface area contributed by atoms with Gasteiger partial charge in [-0.15, -0.1) is 0 Å². The van der Waals surface area contributed by atoms with Gasteiger partial charge in [-0.25, -0.2) is 4.79 Å². The number of amides is 2. The quantitative estimate of drug-likeness (QED) is 0.601. The van der Waals surface area contributed by atoms with E-state index in [0.29, 0.717) is 43.3 Å². The highest BCUT2D eigenvalue weighted by molar-refractivity contribution is 5.89. The van der Waals surface area contributed by atoms with Crippen molar-refractivity contribution in [1.82, 2.24) is 19.9 Å². The van der Waals surface area contributed by atoms with Crippen LogP contribution in [0, 0.1) is 11.3 Å². The van der Waals surface area contributed by atoms with Gasteiger partial charge in [-0.1, -0.05) is 23.4 Å². The molecule has 176 valence electrons. The van der Waals surface area contributed by atoms with E-state index in [-0.39, 0.29) is 23.5 Å². The summed E-state index contributed by atoms with van der Waals surface area (Å²) in [5.41, 5.74) is 0.450. The Kier molecular flexibility index (Phi) is 6.51. The van der Waals surface area contributed by atoms with Crippen LogP contribution in [0.2, 0.25) is 0 Å². The SMILES string of the molecule is C[C@@H](c1nc(-c2cccc(C(F)(F)F)c2)no1)N1CCN(C(=O)Nc2cccc(C#N)c2)CC1. The van der Waals surface area contributed by atoms with Gasteiger partial charge in [0, 0.05) is 37.4 Å². The molecule has 0 radical (unpaired) electrons. The molecule has 0 spiro atoms. The molecule has 1 saturated heterocycles. The zero-order valence-corrected chi connectivity index (χ0v) is 18.2. The zero-order valence-electron chi connectivity index (χ0n) is 18.2. The van der Waals surface area contributed by atoms with E-state index in [2.05, 4.69) is 20.4 Å². The summed E-state index contributed by atoms with van der Waals surface area (Å²) in [6.45, 7) is 3.89. The molecule has 1 fully saturated rings. The maximum Gasteiger partial charge on any atom is 0.416 e. The van der Waals surface area contributed by atoms with Crippen molar-refractivity contribution in [1.29, 1.82) is 5.26 Å². The van der Waals surface area contributed by atoms with Crippen molar-refractivity contribution in [2.24, 2.45) is 0 Å². The van der Waals surface area contributed by atoms with Gasteiger partial charge >= 0.3 is 12.2 Å². The summed E-state index contributed by atoms with van der Waals surface area (Å²) in [4.78, 5) is 20.6. The molecule has 0 unspecified atom stereocenters. The van der Waals surface area contributed by atoms with E-state index in [4.69, 9.17) is 9.78 Å². The summed E-state index contributed by atoms with van der Waals surface area (Å²) in [6, 6.07) is 13.0. The first-order valence-corrected chi connectivity index (χ1v) is 10.6. The number of aromatic nitrogens is 2. The fourth-order valence-electron chi connectivity index (χ4n) is 3.69. The number of halogens is 3. The first kappa shape index (κ1) is 23.3. The number of carbonyl (C=O) groups is 1. The monoisotopic (exact) mass is 470 g/mol. The van der Waals surface area contributed by atoms with E-state index in [1.165, 1.54) is 12.1 Å². The second-order valence-corrected chi connectivity index (χ2v) is 7.86. The van der Waals surface area contributed by atoms with Crippen LogP contribution in [-0.2, 0) is 6.18 Å². The lowest BCUT2D eigenvalue weighted by Crippen LogP contribution is -2.50. The third-order valence-electron chi connectivity index (χ3n) is 5.64. The number of benzene rings is 2. The third-order valence-corrected chi connectivity index (χ3v) is 5.64. The van der Waals surface area contributed by atoms with Gasteiger partial charge in [-0.05, 0) is 37.3 Å². The topological polar surface area (TPSA) is 98.3 Å². The number of anilines is 1. The second-order valence-electron chi connectivity index (χ2n) is 7.86. The fraction of sp³-hybridized carbons (Fsp3) is 0.304. The minimum Gasteiger partial charge on any atom is -0.337 e. The summed E-state index contributed by atoms with van der Waals surface area (Å²) in [5.74, 6) is 0.379. The van der Waals surface area contributed by atoms with Crippen molar-refractivity contribution in [3.63, 3.8) is 0 Å². The molecule has 1 atom stereocenters. The number of alkyl halides is 3. The van der Waals surface area contributed by atoms with Crippen LogP contribution in [0.25, 0.3) is 11.4 Å². The number of nitrogens with zero attached hydrogens (tertiary/aromatic N) is 5. The molecule has 34 heavy (non-hydrogen) atoms. The molecule has 2 amide bonds. The maximum absolute atomic E-state index is 13.0. The maximum atomic E-state index is 13.0. The minimum absolute atomic E-state index is 0.0885. The lowest BCUT2D eigenvalue weighted by Gasteiger charge is -2.36. The molecule has 0 bridgehead atoms. The molecule has 1 aliphatic rings. The van der Waals surface area contributed by atoms with Crippen LogP contribution >= 0.6 is 0 Å². The molecule has 2 heterocycles. The molecule has 2 aromatic carbocycles. The highest BCUT2D eigenvalue weighted by Crippen LogP contribution is 2.32.